The summed E-state index contributed by atoms with van der Waals surface area (Å²) in [4.78, 5) is 25.6. The van der Waals surface area contributed by atoms with Crippen LogP contribution in [0.2, 0.25) is 0 Å². The van der Waals surface area contributed by atoms with Crippen LogP contribution in [0.5, 0.6) is 0 Å². The van der Waals surface area contributed by atoms with E-state index in [2.05, 4.69) is 15.9 Å². The van der Waals surface area contributed by atoms with Gasteiger partial charge in [-0.3, -0.25) is 9.59 Å². The van der Waals surface area contributed by atoms with Crippen molar-refractivity contribution in [1.29, 1.82) is 0 Å². The number of hydrogen-bond acceptors (Lipinski definition) is 4. The first-order valence-electron chi connectivity index (χ1n) is 6.45. The fraction of sp³-hybridized carbons (Fsp3) is 0.429. The molecule has 0 aliphatic carbocycles. The maximum Gasteiger partial charge on any atom is 0.308 e. The summed E-state index contributed by atoms with van der Waals surface area (Å²) in [6.45, 7) is 1.14. The van der Waals surface area contributed by atoms with E-state index in [1.54, 1.807) is 23.1 Å². The second kappa shape index (κ2) is 6.26. The first-order valence-corrected chi connectivity index (χ1v) is 7.24. The zero-order valence-corrected chi connectivity index (χ0v) is 12.9. The normalized spacial score (nSPS) is 16.0. The SMILES string of the molecule is COC(=O)C1CCN(C(=O)c2ccc(N)c(Br)c2)CC1. The summed E-state index contributed by atoms with van der Waals surface area (Å²) in [5.74, 6) is -0.316. The minimum Gasteiger partial charge on any atom is -0.469 e. The maximum absolute atomic E-state index is 12.4. The van der Waals surface area contributed by atoms with Crippen molar-refractivity contribution in [3.63, 3.8) is 0 Å². The Balaban J connectivity index is 2.01. The molecule has 5 nitrogen and oxygen atoms in total. The number of methoxy groups -OCH3 is 1. The second-order valence-electron chi connectivity index (χ2n) is 4.83. The predicted molar refractivity (Wildman–Crippen MR) is 79.2 cm³/mol. The number of rotatable bonds is 2. The number of hydrogen-bond donors (Lipinski definition) is 1. The van der Waals surface area contributed by atoms with Crippen molar-refractivity contribution in [1.82, 2.24) is 4.90 Å². The molecule has 1 heterocycles. The van der Waals surface area contributed by atoms with E-state index in [0.29, 0.717) is 41.7 Å². The highest BCUT2D eigenvalue weighted by Gasteiger charge is 2.28. The molecule has 0 bridgehead atoms. The van der Waals surface area contributed by atoms with Gasteiger partial charge in [0.15, 0.2) is 0 Å². The first-order chi connectivity index (χ1) is 9.52. The molecule has 20 heavy (non-hydrogen) atoms. The molecule has 1 saturated heterocycles. The van der Waals surface area contributed by atoms with Crippen molar-refractivity contribution >= 4 is 33.5 Å². The molecule has 0 aromatic heterocycles. The Morgan fingerprint density at radius 2 is 2.00 bits per heavy atom. The van der Waals surface area contributed by atoms with Crippen LogP contribution in [0.3, 0.4) is 0 Å². The number of anilines is 1. The molecule has 0 spiro atoms. The molecule has 0 radical (unpaired) electrons. The van der Waals surface area contributed by atoms with Crippen LogP contribution < -0.4 is 5.73 Å². The summed E-state index contributed by atoms with van der Waals surface area (Å²) in [7, 11) is 1.39. The topological polar surface area (TPSA) is 72.6 Å². The zero-order valence-electron chi connectivity index (χ0n) is 11.3. The summed E-state index contributed by atoms with van der Waals surface area (Å²) < 4.78 is 5.45. The smallest absolute Gasteiger partial charge is 0.308 e. The summed E-state index contributed by atoms with van der Waals surface area (Å²) in [5, 5.41) is 0. The molecular weight excluding hydrogens is 324 g/mol. The van der Waals surface area contributed by atoms with Crippen LogP contribution in [0.1, 0.15) is 23.2 Å². The minimum atomic E-state index is -0.188. The fourth-order valence-electron chi connectivity index (χ4n) is 2.33. The molecule has 1 aliphatic rings. The van der Waals surface area contributed by atoms with Crippen LogP contribution in [-0.2, 0) is 9.53 Å². The van der Waals surface area contributed by atoms with Crippen molar-refractivity contribution in [3.05, 3.63) is 28.2 Å². The molecule has 1 amide bonds. The van der Waals surface area contributed by atoms with Crippen molar-refractivity contribution in [2.24, 2.45) is 5.92 Å². The minimum absolute atomic E-state index is 0.0333. The zero-order chi connectivity index (χ0) is 14.7. The second-order valence-corrected chi connectivity index (χ2v) is 5.68. The Kier molecular flexibility index (Phi) is 4.65. The number of likely N-dealkylation sites (tertiary alicyclic amines) is 1. The number of benzene rings is 1. The third kappa shape index (κ3) is 3.12. The molecule has 0 atom stereocenters. The summed E-state index contributed by atoms with van der Waals surface area (Å²) in [6, 6.07) is 5.15. The van der Waals surface area contributed by atoms with Crippen molar-refractivity contribution in [2.75, 3.05) is 25.9 Å². The van der Waals surface area contributed by atoms with Crippen molar-refractivity contribution in [3.8, 4) is 0 Å². The number of carbonyl (C=O) groups excluding carboxylic acids is 2. The molecule has 108 valence electrons. The van der Waals surface area contributed by atoms with Gasteiger partial charge in [-0.15, -0.1) is 0 Å². The highest BCUT2D eigenvalue weighted by Crippen LogP contribution is 2.24. The average molecular weight is 341 g/mol. The van der Waals surface area contributed by atoms with Gasteiger partial charge in [0.05, 0.1) is 13.0 Å². The Morgan fingerprint density at radius 3 is 2.55 bits per heavy atom. The first kappa shape index (κ1) is 14.8. The third-order valence-electron chi connectivity index (χ3n) is 3.56. The number of esters is 1. The van der Waals surface area contributed by atoms with Gasteiger partial charge in [0.1, 0.15) is 0 Å². The van der Waals surface area contributed by atoms with Gasteiger partial charge in [0.25, 0.3) is 5.91 Å². The van der Waals surface area contributed by atoms with Crippen LogP contribution in [0.4, 0.5) is 5.69 Å². The summed E-state index contributed by atoms with van der Waals surface area (Å²) in [5.41, 5.74) is 6.91. The van der Waals surface area contributed by atoms with Gasteiger partial charge in [-0.1, -0.05) is 0 Å². The van der Waals surface area contributed by atoms with E-state index < -0.39 is 0 Å². The Morgan fingerprint density at radius 1 is 1.35 bits per heavy atom. The summed E-state index contributed by atoms with van der Waals surface area (Å²) in [6.07, 6.45) is 1.29. The van der Waals surface area contributed by atoms with Crippen LogP contribution in [0.25, 0.3) is 0 Å². The number of ether oxygens (including phenoxy) is 1. The molecule has 1 aromatic rings. The Labute approximate surface area is 126 Å². The lowest BCUT2D eigenvalue weighted by Crippen LogP contribution is -2.40. The number of nitrogens with two attached hydrogens (primary N) is 1. The molecule has 0 unspecified atom stereocenters. The Hall–Kier alpha value is -1.56. The van der Waals surface area contributed by atoms with Gasteiger partial charge in [-0.05, 0) is 47.0 Å². The van der Waals surface area contributed by atoms with E-state index in [1.807, 2.05) is 0 Å². The van der Waals surface area contributed by atoms with Gasteiger partial charge < -0.3 is 15.4 Å². The van der Waals surface area contributed by atoms with Gasteiger partial charge in [0.2, 0.25) is 0 Å². The van der Waals surface area contributed by atoms with Gasteiger partial charge in [-0.25, -0.2) is 0 Å². The van der Waals surface area contributed by atoms with Crippen LogP contribution in [-0.4, -0.2) is 37.0 Å². The fourth-order valence-corrected chi connectivity index (χ4v) is 2.71. The molecule has 0 saturated carbocycles. The molecule has 1 fully saturated rings. The number of carbonyl (C=O) groups is 2. The standard InChI is InChI=1S/C14H17BrN2O3/c1-20-14(19)9-4-6-17(7-5-9)13(18)10-2-3-12(16)11(15)8-10/h2-3,8-9H,4-7,16H2,1H3. The number of nitrogens with zero attached hydrogens (tertiary/aromatic N) is 1. The summed E-state index contributed by atoms with van der Waals surface area (Å²) >= 11 is 3.32. The molecule has 1 aliphatic heterocycles. The average Bonchev–Trinajstić information content (AvgIpc) is 2.48. The third-order valence-corrected chi connectivity index (χ3v) is 4.25. The molecule has 2 N–H and O–H groups in total. The van der Waals surface area contributed by atoms with E-state index in [-0.39, 0.29) is 17.8 Å². The number of halogens is 1. The molecule has 6 heteroatoms. The van der Waals surface area contributed by atoms with E-state index in [4.69, 9.17) is 10.5 Å². The molecule has 2 rings (SSSR count). The van der Waals surface area contributed by atoms with Crippen LogP contribution in [0.15, 0.2) is 22.7 Å². The van der Waals surface area contributed by atoms with E-state index in [9.17, 15) is 9.59 Å². The number of piperidine rings is 1. The van der Waals surface area contributed by atoms with Gasteiger partial charge >= 0.3 is 5.97 Å². The van der Waals surface area contributed by atoms with E-state index in [1.165, 1.54) is 7.11 Å². The molecule has 1 aromatic carbocycles. The largest absolute Gasteiger partial charge is 0.469 e. The van der Waals surface area contributed by atoms with Crippen LogP contribution >= 0.6 is 15.9 Å². The molecular formula is C14H17BrN2O3. The maximum atomic E-state index is 12.4. The highest BCUT2D eigenvalue weighted by atomic mass is 79.9. The van der Waals surface area contributed by atoms with Crippen molar-refractivity contribution < 1.29 is 14.3 Å². The van der Waals surface area contributed by atoms with Gasteiger partial charge in [-0.2, -0.15) is 0 Å². The lowest BCUT2D eigenvalue weighted by atomic mass is 9.96. The van der Waals surface area contributed by atoms with Crippen molar-refractivity contribution in [2.45, 2.75) is 12.8 Å². The van der Waals surface area contributed by atoms with E-state index >= 15 is 0 Å². The van der Waals surface area contributed by atoms with Gasteiger partial charge in [0, 0.05) is 28.8 Å². The van der Waals surface area contributed by atoms with E-state index in [0.717, 1.165) is 0 Å². The Bertz CT molecular complexity index is 525. The van der Waals surface area contributed by atoms with Crippen LogP contribution in [0, 0.1) is 5.92 Å². The monoisotopic (exact) mass is 340 g/mol. The highest BCUT2D eigenvalue weighted by molar-refractivity contribution is 9.10. The number of amides is 1. The quantitative estimate of drug-likeness (QED) is 0.660. The lowest BCUT2D eigenvalue weighted by molar-refractivity contribution is -0.146. The predicted octanol–water partition coefficient (Wildman–Crippen LogP) is 2.06. The lowest BCUT2D eigenvalue weighted by Gasteiger charge is -2.30. The number of nitrogen functional groups attached to an aromatic ring is 1.